The molecule has 16 heavy (non-hydrogen) atoms. The van der Waals surface area contributed by atoms with Crippen LogP contribution in [0.4, 0.5) is 0 Å². The minimum absolute atomic E-state index is 0.145. The number of hydrogen-bond acceptors (Lipinski definition) is 2. The molecule has 0 N–H and O–H groups in total. The van der Waals surface area contributed by atoms with Crippen LogP contribution in [0.5, 0.6) is 0 Å². The van der Waals surface area contributed by atoms with Gasteiger partial charge in [0.1, 0.15) is 0 Å². The normalized spacial score (nSPS) is 11.9. The zero-order valence-electron chi connectivity index (χ0n) is 10.2. The molecule has 0 aromatic heterocycles. The fraction of sp³-hybridized carbons (Fsp3) is 0.615. The average molecular weight is 245 g/mol. The van der Waals surface area contributed by atoms with E-state index in [0.29, 0.717) is 12.5 Å². The van der Waals surface area contributed by atoms with Gasteiger partial charge in [0.2, 0.25) is 0 Å². The third-order valence-electron chi connectivity index (χ3n) is 2.57. The van der Waals surface area contributed by atoms with Crippen LogP contribution in [0.3, 0.4) is 0 Å². The molecule has 0 spiro atoms. The van der Waals surface area contributed by atoms with Crippen molar-refractivity contribution in [2.24, 2.45) is 5.92 Å². The molecule has 0 fully saturated rings. The standard InChI is InChI=1S/C13H21ClO2/c1-5-7-8-12(6-2)9-16-13(15)10(3)11(4)14/h12H,3-9H2,1-2H3. The number of unbranched alkanes of at least 4 members (excludes halogenated alkanes) is 1. The van der Waals surface area contributed by atoms with Crippen LogP contribution in [-0.4, -0.2) is 12.6 Å². The largest absolute Gasteiger partial charge is 0.462 e. The Bertz CT molecular complexity index is 259. The van der Waals surface area contributed by atoms with Crippen molar-refractivity contribution in [3.63, 3.8) is 0 Å². The van der Waals surface area contributed by atoms with Gasteiger partial charge in [0.25, 0.3) is 0 Å². The molecule has 92 valence electrons. The van der Waals surface area contributed by atoms with E-state index in [4.69, 9.17) is 16.3 Å². The number of rotatable bonds is 8. The molecule has 0 radical (unpaired) electrons. The van der Waals surface area contributed by atoms with Crippen LogP contribution >= 0.6 is 11.6 Å². The quantitative estimate of drug-likeness (QED) is 0.366. The van der Waals surface area contributed by atoms with E-state index in [2.05, 4.69) is 27.0 Å². The lowest BCUT2D eigenvalue weighted by molar-refractivity contribution is -0.140. The van der Waals surface area contributed by atoms with Crippen molar-refractivity contribution in [2.45, 2.75) is 39.5 Å². The zero-order valence-corrected chi connectivity index (χ0v) is 11.0. The molecule has 0 aliphatic carbocycles. The Labute approximate surface area is 103 Å². The van der Waals surface area contributed by atoms with E-state index in [1.807, 2.05) is 0 Å². The van der Waals surface area contributed by atoms with E-state index in [9.17, 15) is 4.79 Å². The fourth-order valence-corrected chi connectivity index (χ4v) is 1.37. The maximum absolute atomic E-state index is 11.4. The van der Waals surface area contributed by atoms with E-state index in [0.717, 1.165) is 19.3 Å². The van der Waals surface area contributed by atoms with Gasteiger partial charge in [0.05, 0.1) is 12.2 Å². The second-order valence-corrected chi connectivity index (χ2v) is 4.35. The Morgan fingerprint density at radius 2 is 2.00 bits per heavy atom. The summed E-state index contributed by atoms with van der Waals surface area (Å²) in [7, 11) is 0. The molecule has 0 amide bonds. The molecule has 2 nitrogen and oxygen atoms in total. The van der Waals surface area contributed by atoms with Crippen molar-refractivity contribution < 1.29 is 9.53 Å². The predicted octanol–water partition coefficient (Wildman–Crippen LogP) is 4.05. The molecule has 0 saturated heterocycles. The monoisotopic (exact) mass is 244 g/mol. The first-order valence-electron chi connectivity index (χ1n) is 5.73. The summed E-state index contributed by atoms with van der Waals surface area (Å²) in [6.07, 6.45) is 4.44. The number of ether oxygens (including phenoxy) is 1. The summed E-state index contributed by atoms with van der Waals surface area (Å²) < 4.78 is 5.13. The highest BCUT2D eigenvalue weighted by Crippen LogP contribution is 2.16. The SMILES string of the molecule is C=C(Cl)C(=C)C(=O)OCC(CC)CCCC. The van der Waals surface area contributed by atoms with Crippen molar-refractivity contribution in [1.29, 1.82) is 0 Å². The smallest absolute Gasteiger partial charge is 0.339 e. The Hall–Kier alpha value is -0.760. The second kappa shape index (κ2) is 8.40. The van der Waals surface area contributed by atoms with E-state index in [1.54, 1.807) is 0 Å². The summed E-state index contributed by atoms with van der Waals surface area (Å²) in [6.45, 7) is 11.6. The molecule has 0 aromatic rings. The van der Waals surface area contributed by atoms with E-state index >= 15 is 0 Å². The van der Waals surface area contributed by atoms with E-state index in [1.165, 1.54) is 6.42 Å². The van der Waals surface area contributed by atoms with Crippen LogP contribution in [-0.2, 0) is 9.53 Å². The molecule has 0 saturated carbocycles. The minimum atomic E-state index is -0.463. The van der Waals surface area contributed by atoms with Gasteiger partial charge >= 0.3 is 5.97 Å². The highest BCUT2D eigenvalue weighted by atomic mass is 35.5. The van der Waals surface area contributed by atoms with Crippen LogP contribution in [0.1, 0.15) is 39.5 Å². The van der Waals surface area contributed by atoms with E-state index < -0.39 is 5.97 Å². The van der Waals surface area contributed by atoms with Crippen LogP contribution in [0.25, 0.3) is 0 Å². The van der Waals surface area contributed by atoms with Crippen LogP contribution in [0.15, 0.2) is 23.8 Å². The van der Waals surface area contributed by atoms with Gasteiger partial charge in [-0.15, -0.1) is 0 Å². The Morgan fingerprint density at radius 1 is 1.38 bits per heavy atom. The van der Waals surface area contributed by atoms with Gasteiger partial charge in [-0.1, -0.05) is 57.9 Å². The minimum Gasteiger partial charge on any atom is -0.462 e. The molecule has 0 heterocycles. The third-order valence-corrected chi connectivity index (χ3v) is 2.80. The molecule has 0 aliphatic heterocycles. The number of carbonyl (C=O) groups is 1. The molecule has 0 bridgehead atoms. The van der Waals surface area contributed by atoms with Gasteiger partial charge in [-0.3, -0.25) is 0 Å². The molecular weight excluding hydrogens is 224 g/mol. The van der Waals surface area contributed by atoms with Crippen LogP contribution in [0.2, 0.25) is 0 Å². The summed E-state index contributed by atoms with van der Waals surface area (Å²) in [4.78, 5) is 11.4. The number of halogens is 1. The lowest BCUT2D eigenvalue weighted by Crippen LogP contribution is -2.15. The van der Waals surface area contributed by atoms with Crippen molar-refractivity contribution >= 4 is 17.6 Å². The molecule has 3 heteroatoms. The second-order valence-electron chi connectivity index (χ2n) is 3.90. The zero-order chi connectivity index (χ0) is 12.6. The van der Waals surface area contributed by atoms with Crippen molar-refractivity contribution in [1.82, 2.24) is 0 Å². The van der Waals surface area contributed by atoms with Gasteiger partial charge in [0.15, 0.2) is 0 Å². The Morgan fingerprint density at radius 3 is 2.44 bits per heavy atom. The van der Waals surface area contributed by atoms with Crippen molar-refractivity contribution in [3.05, 3.63) is 23.8 Å². The first kappa shape index (κ1) is 15.2. The molecule has 1 unspecified atom stereocenters. The molecule has 0 aromatic carbocycles. The summed E-state index contributed by atoms with van der Waals surface area (Å²) in [6, 6.07) is 0. The summed E-state index contributed by atoms with van der Waals surface area (Å²) >= 11 is 5.56. The van der Waals surface area contributed by atoms with Crippen molar-refractivity contribution in [3.8, 4) is 0 Å². The Balaban J connectivity index is 3.96. The van der Waals surface area contributed by atoms with Gasteiger partial charge in [-0.25, -0.2) is 4.79 Å². The van der Waals surface area contributed by atoms with Gasteiger partial charge < -0.3 is 4.74 Å². The fourth-order valence-electron chi connectivity index (χ4n) is 1.29. The summed E-state index contributed by atoms with van der Waals surface area (Å²) in [5.41, 5.74) is 0.145. The Kier molecular flexibility index (Phi) is 8.00. The van der Waals surface area contributed by atoms with Crippen LogP contribution < -0.4 is 0 Å². The van der Waals surface area contributed by atoms with Gasteiger partial charge in [-0.05, 0) is 12.3 Å². The lowest BCUT2D eigenvalue weighted by Gasteiger charge is -2.14. The molecular formula is C13H21ClO2. The first-order valence-corrected chi connectivity index (χ1v) is 6.11. The van der Waals surface area contributed by atoms with Gasteiger partial charge in [0, 0.05) is 5.03 Å². The van der Waals surface area contributed by atoms with Gasteiger partial charge in [-0.2, -0.15) is 0 Å². The number of esters is 1. The van der Waals surface area contributed by atoms with Crippen molar-refractivity contribution in [2.75, 3.05) is 6.61 Å². The predicted molar refractivity (Wildman–Crippen MR) is 68.4 cm³/mol. The first-order chi connectivity index (χ1) is 7.52. The highest BCUT2D eigenvalue weighted by molar-refractivity contribution is 6.34. The van der Waals surface area contributed by atoms with Crippen LogP contribution in [0, 0.1) is 5.92 Å². The summed E-state index contributed by atoms with van der Waals surface area (Å²) in [5.74, 6) is -0.0322. The lowest BCUT2D eigenvalue weighted by atomic mass is 10.0. The maximum Gasteiger partial charge on any atom is 0.339 e. The molecule has 1 atom stereocenters. The third kappa shape index (κ3) is 5.96. The average Bonchev–Trinajstić information content (AvgIpc) is 2.27. The number of hydrogen-bond donors (Lipinski definition) is 0. The molecule has 0 aliphatic rings. The number of carbonyl (C=O) groups excluding carboxylic acids is 1. The maximum atomic E-state index is 11.4. The molecule has 0 rings (SSSR count). The summed E-state index contributed by atoms with van der Waals surface area (Å²) in [5, 5.41) is 0.145. The van der Waals surface area contributed by atoms with E-state index in [-0.39, 0.29) is 10.6 Å². The topological polar surface area (TPSA) is 26.3 Å². The highest BCUT2D eigenvalue weighted by Gasteiger charge is 2.13.